The zero-order valence-electron chi connectivity index (χ0n) is 14.2. The molecule has 0 N–H and O–H groups in total. The summed E-state index contributed by atoms with van der Waals surface area (Å²) >= 11 is 0. The first-order valence-electron chi connectivity index (χ1n) is 9.08. The van der Waals surface area contributed by atoms with Crippen molar-refractivity contribution in [2.75, 3.05) is 0 Å². The highest BCUT2D eigenvalue weighted by molar-refractivity contribution is 5.05. The Morgan fingerprint density at radius 1 is 1.10 bits per heavy atom. The van der Waals surface area contributed by atoms with E-state index in [1.807, 2.05) is 0 Å². The number of hydrogen-bond acceptors (Lipinski definition) is 1. The lowest BCUT2D eigenvalue weighted by Crippen LogP contribution is -2.43. The van der Waals surface area contributed by atoms with Gasteiger partial charge in [-0.05, 0) is 44.4 Å². The Morgan fingerprint density at radius 2 is 1.75 bits per heavy atom. The second-order valence-electron chi connectivity index (χ2n) is 7.46. The van der Waals surface area contributed by atoms with E-state index in [0.29, 0.717) is 0 Å². The van der Waals surface area contributed by atoms with Gasteiger partial charge in [0.15, 0.2) is 0 Å². The van der Waals surface area contributed by atoms with Gasteiger partial charge < -0.3 is 4.90 Å². The monoisotopic (exact) mass is 277 g/mol. The molecular formula is C19H35N. The molecule has 116 valence electrons. The lowest BCUT2D eigenvalue weighted by molar-refractivity contribution is 0.127. The van der Waals surface area contributed by atoms with E-state index in [9.17, 15) is 0 Å². The molecule has 2 fully saturated rings. The fraction of sp³-hybridized carbons (Fsp3) is 0.895. The van der Waals surface area contributed by atoms with E-state index in [1.165, 1.54) is 57.8 Å². The summed E-state index contributed by atoms with van der Waals surface area (Å²) in [5.41, 5.74) is 1.57. The minimum Gasteiger partial charge on any atom is -0.369 e. The maximum Gasteiger partial charge on any atom is 0.0292 e. The normalized spacial score (nSPS) is 30.5. The van der Waals surface area contributed by atoms with Crippen LogP contribution in [0.2, 0.25) is 0 Å². The van der Waals surface area contributed by atoms with E-state index >= 15 is 0 Å². The van der Waals surface area contributed by atoms with Crippen LogP contribution in [0, 0.1) is 11.8 Å². The lowest BCUT2D eigenvalue weighted by atomic mass is 9.85. The number of hydrogen-bond donors (Lipinski definition) is 0. The molecule has 1 nitrogen and oxygen atoms in total. The smallest absolute Gasteiger partial charge is 0.0292 e. The fourth-order valence-electron chi connectivity index (χ4n) is 4.33. The van der Waals surface area contributed by atoms with Crippen molar-refractivity contribution >= 4 is 0 Å². The van der Waals surface area contributed by atoms with Gasteiger partial charge >= 0.3 is 0 Å². The standard InChI is InChI=1S/C19H35N/c1-5-15(2)13-17(4)20(18-10-6-7-11-18)19-12-8-9-16(3)14-19/h13,15-16,18-19H,5-12,14H2,1-4H3/b17-13+/t15-,16+,19-/m1/s1. The van der Waals surface area contributed by atoms with Gasteiger partial charge in [-0.1, -0.05) is 59.0 Å². The molecule has 20 heavy (non-hydrogen) atoms. The largest absolute Gasteiger partial charge is 0.369 e. The van der Waals surface area contributed by atoms with Crippen molar-refractivity contribution in [3.63, 3.8) is 0 Å². The average Bonchev–Trinajstić information content (AvgIpc) is 2.92. The first-order chi connectivity index (χ1) is 9.61. The molecule has 0 spiro atoms. The number of rotatable bonds is 5. The summed E-state index contributed by atoms with van der Waals surface area (Å²) in [6, 6.07) is 1.66. The Hall–Kier alpha value is -0.460. The van der Waals surface area contributed by atoms with Gasteiger partial charge in [0, 0.05) is 17.8 Å². The van der Waals surface area contributed by atoms with Gasteiger partial charge in [0.25, 0.3) is 0 Å². The van der Waals surface area contributed by atoms with Crippen molar-refractivity contribution in [1.82, 2.24) is 4.90 Å². The van der Waals surface area contributed by atoms with Crippen LogP contribution in [0.25, 0.3) is 0 Å². The predicted octanol–water partition coefficient (Wildman–Crippen LogP) is 5.76. The van der Waals surface area contributed by atoms with E-state index in [4.69, 9.17) is 0 Å². The zero-order valence-corrected chi connectivity index (χ0v) is 14.2. The molecule has 0 saturated heterocycles. The Labute approximate surface area is 126 Å². The van der Waals surface area contributed by atoms with Crippen LogP contribution >= 0.6 is 0 Å². The minimum atomic E-state index is 0.722. The molecule has 0 radical (unpaired) electrons. The molecule has 0 bridgehead atoms. The van der Waals surface area contributed by atoms with E-state index in [-0.39, 0.29) is 0 Å². The van der Waals surface area contributed by atoms with E-state index in [1.54, 1.807) is 5.70 Å². The van der Waals surface area contributed by atoms with Gasteiger partial charge in [0.05, 0.1) is 0 Å². The SMILES string of the molecule is CC[C@@H](C)/C=C(\C)N(C1CCCC1)[C@@H]1CCC[C@H](C)C1. The summed E-state index contributed by atoms with van der Waals surface area (Å²) in [5, 5.41) is 0. The van der Waals surface area contributed by atoms with Crippen LogP contribution in [0.15, 0.2) is 11.8 Å². The molecule has 0 aromatic rings. The van der Waals surface area contributed by atoms with Gasteiger partial charge in [0.2, 0.25) is 0 Å². The van der Waals surface area contributed by atoms with Crippen molar-refractivity contribution in [3.05, 3.63) is 11.8 Å². The molecule has 0 aromatic heterocycles. The molecule has 0 unspecified atom stereocenters. The molecule has 0 amide bonds. The van der Waals surface area contributed by atoms with Gasteiger partial charge in [-0.3, -0.25) is 0 Å². The Balaban J connectivity index is 2.13. The molecule has 2 aliphatic carbocycles. The van der Waals surface area contributed by atoms with Crippen molar-refractivity contribution in [3.8, 4) is 0 Å². The maximum atomic E-state index is 2.86. The van der Waals surface area contributed by atoms with Crippen LogP contribution in [0.5, 0.6) is 0 Å². The predicted molar refractivity (Wildman–Crippen MR) is 88.7 cm³/mol. The molecule has 3 atom stereocenters. The molecule has 0 aromatic carbocycles. The summed E-state index contributed by atoms with van der Waals surface area (Å²) in [4.78, 5) is 2.86. The van der Waals surface area contributed by atoms with Gasteiger partial charge in [0.1, 0.15) is 0 Å². The van der Waals surface area contributed by atoms with Gasteiger partial charge in [-0.15, -0.1) is 0 Å². The van der Waals surface area contributed by atoms with E-state index in [0.717, 1.165) is 23.9 Å². The van der Waals surface area contributed by atoms with E-state index < -0.39 is 0 Å². The molecule has 2 rings (SSSR count). The number of nitrogens with zero attached hydrogens (tertiary/aromatic N) is 1. The summed E-state index contributed by atoms with van der Waals surface area (Å²) in [5.74, 6) is 1.65. The summed E-state index contributed by atoms with van der Waals surface area (Å²) < 4.78 is 0. The average molecular weight is 277 g/mol. The van der Waals surface area contributed by atoms with Crippen LogP contribution < -0.4 is 0 Å². The Bertz CT molecular complexity index is 314. The third kappa shape index (κ3) is 4.02. The first kappa shape index (κ1) is 15.9. The van der Waals surface area contributed by atoms with Crippen LogP contribution in [-0.4, -0.2) is 17.0 Å². The third-order valence-electron chi connectivity index (χ3n) is 5.60. The molecular weight excluding hydrogens is 242 g/mol. The minimum absolute atomic E-state index is 0.722. The van der Waals surface area contributed by atoms with Crippen molar-refractivity contribution in [1.29, 1.82) is 0 Å². The van der Waals surface area contributed by atoms with E-state index in [2.05, 4.69) is 38.7 Å². The second kappa shape index (κ2) is 7.52. The van der Waals surface area contributed by atoms with Crippen LogP contribution in [0.3, 0.4) is 0 Å². The van der Waals surface area contributed by atoms with Gasteiger partial charge in [-0.2, -0.15) is 0 Å². The Morgan fingerprint density at radius 3 is 2.35 bits per heavy atom. The third-order valence-corrected chi connectivity index (χ3v) is 5.60. The first-order valence-corrected chi connectivity index (χ1v) is 9.08. The highest BCUT2D eigenvalue weighted by Crippen LogP contribution is 2.35. The Kier molecular flexibility index (Phi) is 5.99. The second-order valence-corrected chi connectivity index (χ2v) is 7.46. The molecule has 2 aliphatic rings. The summed E-state index contributed by atoms with van der Waals surface area (Å²) in [6.07, 6.45) is 15.3. The molecule has 0 aliphatic heterocycles. The zero-order chi connectivity index (χ0) is 14.5. The highest BCUT2D eigenvalue weighted by Gasteiger charge is 2.31. The fourth-order valence-corrected chi connectivity index (χ4v) is 4.33. The quantitative estimate of drug-likeness (QED) is 0.617. The topological polar surface area (TPSA) is 3.24 Å². The summed E-state index contributed by atoms with van der Waals surface area (Å²) in [7, 11) is 0. The molecule has 0 heterocycles. The van der Waals surface area contributed by atoms with Crippen molar-refractivity contribution < 1.29 is 0 Å². The van der Waals surface area contributed by atoms with Crippen LogP contribution in [-0.2, 0) is 0 Å². The highest BCUT2D eigenvalue weighted by atomic mass is 15.2. The van der Waals surface area contributed by atoms with Crippen molar-refractivity contribution in [2.45, 2.75) is 97.6 Å². The molecule has 1 heteroatoms. The van der Waals surface area contributed by atoms with Crippen LogP contribution in [0.4, 0.5) is 0 Å². The van der Waals surface area contributed by atoms with Crippen molar-refractivity contribution in [2.24, 2.45) is 11.8 Å². The van der Waals surface area contributed by atoms with Gasteiger partial charge in [-0.25, -0.2) is 0 Å². The summed E-state index contributed by atoms with van der Waals surface area (Å²) in [6.45, 7) is 9.49. The maximum absolute atomic E-state index is 2.86. The lowest BCUT2D eigenvalue weighted by Gasteiger charge is -2.43. The molecule has 2 saturated carbocycles. The van der Waals surface area contributed by atoms with Crippen LogP contribution in [0.1, 0.15) is 85.5 Å². The number of allylic oxidation sites excluding steroid dienone is 2.